The van der Waals surface area contributed by atoms with Crippen molar-refractivity contribution in [2.45, 2.75) is 136 Å². The van der Waals surface area contributed by atoms with Crippen molar-refractivity contribution in [1.29, 1.82) is 5.26 Å². The van der Waals surface area contributed by atoms with E-state index in [1.54, 1.807) is 11.3 Å². The van der Waals surface area contributed by atoms with E-state index in [4.69, 9.17) is 0 Å². The largest absolute Gasteiger partial charge is 0.481 e. The highest BCUT2D eigenvalue weighted by molar-refractivity contribution is 7.09. The molecule has 0 radical (unpaired) electrons. The summed E-state index contributed by atoms with van der Waals surface area (Å²) in [6.07, 6.45) is 12.0. The van der Waals surface area contributed by atoms with Crippen LogP contribution in [0, 0.1) is 23.2 Å². The molecular weight excluding hydrogens is 675 g/mol. The van der Waals surface area contributed by atoms with E-state index in [9.17, 15) is 20.0 Å². The molecule has 6 nitrogen and oxygen atoms in total. The molecule has 0 saturated heterocycles. The lowest BCUT2D eigenvalue weighted by atomic mass is 9.71. The third-order valence-corrected chi connectivity index (χ3v) is 10.7. The number of nitriles is 1. The first-order chi connectivity index (χ1) is 25.7. The summed E-state index contributed by atoms with van der Waals surface area (Å²) in [5.41, 5.74) is 5.19. The molecule has 3 rings (SSSR count). The third kappa shape index (κ3) is 14.6. The summed E-state index contributed by atoms with van der Waals surface area (Å²) < 4.78 is 0. The van der Waals surface area contributed by atoms with E-state index in [1.165, 1.54) is 10.4 Å². The van der Waals surface area contributed by atoms with Gasteiger partial charge in [0.25, 0.3) is 0 Å². The molecule has 4 N–H and O–H groups in total. The van der Waals surface area contributed by atoms with Gasteiger partial charge in [-0.1, -0.05) is 121 Å². The van der Waals surface area contributed by atoms with Crippen LogP contribution in [-0.4, -0.2) is 30.5 Å². The molecule has 0 bridgehead atoms. The fourth-order valence-corrected chi connectivity index (χ4v) is 7.80. The number of unbranched alkanes of at least 4 members (excludes halogenated alkanes) is 5. The number of thiophene rings is 1. The number of carbonyl (C=O) groups excluding carboxylic acids is 1. The van der Waals surface area contributed by atoms with Crippen LogP contribution >= 0.6 is 11.3 Å². The van der Waals surface area contributed by atoms with Crippen molar-refractivity contribution < 1.29 is 20.0 Å². The zero-order chi connectivity index (χ0) is 39.0. The average molecular weight is 739 g/mol. The van der Waals surface area contributed by atoms with E-state index in [2.05, 4.69) is 97.9 Å². The number of aliphatic carboxylic acids is 1. The van der Waals surface area contributed by atoms with Crippen molar-refractivity contribution in [2.75, 3.05) is 18.4 Å². The van der Waals surface area contributed by atoms with Crippen LogP contribution in [0.3, 0.4) is 0 Å². The van der Waals surface area contributed by atoms with Crippen molar-refractivity contribution >= 4 is 35.0 Å². The molecule has 0 aliphatic rings. The molecule has 1 heterocycles. The first-order valence-electron chi connectivity index (χ1n) is 19.8. The van der Waals surface area contributed by atoms with Crippen LogP contribution in [0.4, 0.5) is 11.4 Å². The van der Waals surface area contributed by atoms with Gasteiger partial charge in [0.1, 0.15) is 12.0 Å². The summed E-state index contributed by atoms with van der Waals surface area (Å²) >= 11 is 1.72. The number of carboxylic acid groups (broad SMARTS) is 1. The number of rotatable bonds is 23. The summed E-state index contributed by atoms with van der Waals surface area (Å²) in [5, 5.41) is 27.8. The number of benzene rings is 2. The number of nitrogens with zero attached hydrogens (tertiary/aromatic N) is 1. The minimum atomic E-state index is -0.813. The van der Waals surface area contributed by atoms with E-state index in [-0.39, 0.29) is 11.8 Å². The molecule has 0 fully saturated rings. The van der Waals surface area contributed by atoms with Gasteiger partial charge in [-0.2, -0.15) is 5.26 Å². The highest BCUT2D eigenvalue weighted by atomic mass is 32.1. The van der Waals surface area contributed by atoms with Gasteiger partial charge < -0.3 is 20.5 Å². The lowest BCUT2D eigenvalue weighted by molar-refractivity contribution is -0.571. The van der Waals surface area contributed by atoms with Crippen molar-refractivity contribution in [2.24, 2.45) is 0 Å². The fourth-order valence-electron chi connectivity index (χ4n) is 6.91. The maximum Gasteiger partial charge on any atom is 0.309 e. The van der Waals surface area contributed by atoms with Gasteiger partial charge in [0.2, 0.25) is 0 Å². The molecule has 3 aromatic rings. The van der Waals surface area contributed by atoms with Crippen LogP contribution < -0.4 is 10.6 Å². The van der Waals surface area contributed by atoms with Crippen LogP contribution in [0.25, 0.3) is 0 Å². The van der Waals surface area contributed by atoms with E-state index in [0.29, 0.717) is 25.0 Å². The van der Waals surface area contributed by atoms with Crippen LogP contribution in [0.1, 0.15) is 135 Å². The third-order valence-electron chi connectivity index (χ3n) is 9.79. The van der Waals surface area contributed by atoms with Crippen molar-refractivity contribution in [3.63, 3.8) is 0 Å². The zero-order valence-electron chi connectivity index (χ0n) is 33.2. The number of para-hydroxylation sites is 2. The molecule has 0 spiro atoms. The van der Waals surface area contributed by atoms with Gasteiger partial charge in [0, 0.05) is 45.7 Å². The minimum Gasteiger partial charge on any atom is -0.481 e. The maximum atomic E-state index is 11.3. The molecule has 7 heteroatoms. The van der Waals surface area contributed by atoms with Crippen LogP contribution in [0.5, 0.6) is 0 Å². The Morgan fingerprint density at radius 2 is 1.62 bits per heavy atom. The Balaban J connectivity index is 0.00000477. The Morgan fingerprint density at radius 3 is 2.25 bits per heavy atom. The summed E-state index contributed by atoms with van der Waals surface area (Å²) in [4.78, 5) is 23.3. The van der Waals surface area contributed by atoms with Gasteiger partial charge >= 0.3 is 5.97 Å². The number of anilines is 1. The SMILES string of the molecule is CC.CCCCC(C#C/C(C)=C(/C#N)CC(C)(Cc1cccs1)c1ccccc1[NH2+]CCC(=O)O)(CCCC)c1ccccc1NCCCCCC=O. The maximum absolute atomic E-state index is 11.3. The molecule has 0 amide bonds. The Kier molecular flexibility index (Phi) is 21.2. The van der Waals surface area contributed by atoms with Crippen LogP contribution in [-0.2, 0) is 26.8 Å². The monoisotopic (exact) mass is 738 g/mol. The minimum absolute atomic E-state index is 0.0753. The van der Waals surface area contributed by atoms with Crippen molar-refractivity contribution in [3.05, 3.63) is 93.2 Å². The summed E-state index contributed by atoms with van der Waals surface area (Å²) in [7, 11) is 0. The van der Waals surface area contributed by atoms with Gasteiger partial charge in [-0.25, -0.2) is 0 Å². The highest BCUT2D eigenvalue weighted by Crippen LogP contribution is 2.41. The molecule has 0 aliphatic carbocycles. The second kappa shape index (κ2) is 25.0. The van der Waals surface area contributed by atoms with E-state index < -0.39 is 11.4 Å². The summed E-state index contributed by atoms with van der Waals surface area (Å²) in [6, 6.07) is 23.6. The fraction of sp³-hybridized carbons (Fsp3) is 0.500. The van der Waals surface area contributed by atoms with E-state index in [0.717, 1.165) is 99.6 Å². The number of hydrogen-bond donors (Lipinski definition) is 3. The predicted molar refractivity (Wildman–Crippen MR) is 223 cm³/mol. The number of carboxylic acids is 1. The highest BCUT2D eigenvalue weighted by Gasteiger charge is 2.34. The van der Waals surface area contributed by atoms with E-state index in [1.807, 2.05) is 38.2 Å². The number of aldehydes is 1. The summed E-state index contributed by atoms with van der Waals surface area (Å²) in [5.74, 6) is 6.58. The number of carbonyl (C=O) groups is 2. The standard InChI is InChI=1S/C44H57N3O3S.C2H6/c1-5-7-25-44(26-8-6-2,39-20-12-14-22-41(39)46-28-15-9-10-16-30-48)27-23-35(3)36(34-45)32-43(4,33-37-18-17-31-51-37)38-19-11-13-21-40(38)47-29-24-42(49)50;1-2/h11-14,17-22,30-31,46-47H,5-10,15-16,24-26,28-29,32-33H2,1-4H3,(H,49,50);1-2H3/p+1/b36-35+;. The van der Waals surface area contributed by atoms with Gasteiger partial charge in [-0.3, -0.25) is 4.79 Å². The van der Waals surface area contributed by atoms with Gasteiger partial charge in [-0.15, -0.1) is 11.3 Å². The van der Waals surface area contributed by atoms with Crippen LogP contribution in [0.2, 0.25) is 0 Å². The first kappa shape index (κ1) is 45.0. The molecular formula is C46H64N3O3S+. The molecule has 286 valence electrons. The molecule has 1 unspecified atom stereocenters. The molecule has 2 aromatic carbocycles. The molecule has 53 heavy (non-hydrogen) atoms. The summed E-state index contributed by atoms with van der Waals surface area (Å²) in [6.45, 7) is 14.0. The number of allylic oxidation sites excluding steroid dienone is 2. The Labute approximate surface area is 324 Å². The van der Waals surface area contributed by atoms with E-state index >= 15 is 0 Å². The average Bonchev–Trinajstić information content (AvgIpc) is 3.69. The quantitative estimate of drug-likeness (QED) is 0.0295. The predicted octanol–water partition coefficient (Wildman–Crippen LogP) is 10.7. The second-order valence-electron chi connectivity index (χ2n) is 14.0. The van der Waals surface area contributed by atoms with Gasteiger partial charge in [0.15, 0.2) is 0 Å². The Bertz CT molecular complexity index is 1650. The Hall–Kier alpha value is -4.17. The van der Waals surface area contributed by atoms with Crippen LogP contribution in [0.15, 0.2) is 77.2 Å². The number of nitrogens with one attached hydrogen (secondary N) is 1. The lowest BCUT2D eigenvalue weighted by Crippen LogP contribution is -2.79. The smallest absolute Gasteiger partial charge is 0.309 e. The number of quaternary nitrogens is 1. The first-order valence-corrected chi connectivity index (χ1v) is 20.7. The second-order valence-corrected chi connectivity index (χ2v) is 15.0. The number of hydrogen-bond acceptors (Lipinski definition) is 5. The number of nitrogens with two attached hydrogens (primary N) is 1. The molecule has 0 aliphatic heterocycles. The topological polar surface area (TPSA) is 107 Å². The van der Waals surface area contributed by atoms with Gasteiger partial charge in [-0.05, 0) is 74.6 Å². The van der Waals surface area contributed by atoms with Gasteiger partial charge in [0.05, 0.1) is 24.4 Å². The Morgan fingerprint density at radius 1 is 0.943 bits per heavy atom. The van der Waals surface area contributed by atoms with Crippen molar-refractivity contribution in [1.82, 2.24) is 0 Å². The lowest BCUT2D eigenvalue weighted by Gasteiger charge is -2.32. The molecule has 0 saturated carbocycles. The normalized spacial score (nSPS) is 12.5. The van der Waals surface area contributed by atoms with Crippen molar-refractivity contribution in [3.8, 4) is 17.9 Å². The zero-order valence-corrected chi connectivity index (χ0v) is 34.0. The molecule has 1 atom stereocenters. The molecule has 1 aromatic heterocycles.